The molecule has 1 N–H and O–H groups in total. The molecule has 1 atom stereocenters. The molecule has 0 saturated carbocycles. The molecule has 6 nitrogen and oxygen atoms in total. The first-order valence-electron chi connectivity index (χ1n) is 9.22. The Labute approximate surface area is 168 Å². The Balaban J connectivity index is 1.55. The van der Waals surface area contributed by atoms with Crippen molar-refractivity contribution in [1.29, 1.82) is 0 Å². The lowest BCUT2D eigenvalue weighted by molar-refractivity contribution is -0.132. The minimum atomic E-state index is -1.07. The third-order valence-electron chi connectivity index (χ3n) is 4.87. The number of hydrogen-bond acceptors (Lipinski definition) is 4. The van der Waals surface area contributed by atoms with E-state index in [-0.39, 0.29) is 11.8 Å². The predicted molar refractivity (Wildman–Crippen MR) is 111 cm³/mol. The van der Waals surface area contributed by atoms with Gasteiger partial charge in [0.1, 0.15) is 0 Å². The molecule has 1 aliphatic rings. The van der Waals surface area contributed by atoms with Gasteiger partial charge in [0, 0.05) is 59.4 Å². The van der Waals surface area contributed by atoms with Crippen molar-refractivity contribution in [3.8, 4) is 0 Å². The van der Waals surface area contributed by atoms with Crippen molar-refractivity contribution in [2.75, 3.05) is 44.8 Å². The second-order valence-corrected chi connectivity index (χ2v) is 8.37. The van der Waals surface area contributed by atoms with Crippen molar-refractivity contribution in [2.45, 2.75) is 11.3 Å². The van der Waals surface area contributed by atoms with Crippen LogP contribution in [0.1, 0.15) is 15.9 Å². The van der Waals surface area contributed by atoms with Crippen LogP contribution < -0.4 is 5.32 Å². The monoisotopic (exact) mass is 399 g/mol. The van der Waals surface area contributed by atoms with Crippen molar-refractivity contribution < 1.29 is 13.8 Å². The number of carbonyl (C=O) groups excluding carboxylic acids is 2. The fourth-order valence-corrected chi connectivity index (χ4v) is 3.57. The number of nitrogens with one attached hydrogen (secondary N) is 1. The van der Waals surface area contributed by atoms with Crippen molar-refractivity contribution >= 4 is 28.3 Å². The molecule has 2 aromatic carbocycles. The topological polar surface area (TPSA) is 69.7 Å². The summed E-state index contributed by atoms with van der Waals surface area (Å²) in [4.78, 5) is 29.6. The summed E-state index contributed by atoms with van der Waals surface area (Å²) in [6.07, 6.45) is 1.97. The molecule has 1 heterocycles. The Morgan fingerprint density at radius 3 is 2.14 bits per heavy atom. The van der Waals surface area contributed by atoms with E-state index in [4.69, 9.17) is 0 Å². The molecule has 0 aromatic heterocycles. The van der Waals surface area contributed by atoms with Crippen LogP contribution in [0.25, 0.3) is 0 Å². The highest BCUT2D eigenvalue weighted by Crippen LogP contribution is 2.14. The second-order valence-electron chi connectivity index (χ2n) is 6.99. The van der Waals surface area contributed by atoms with E-state index in [1.165, 1.54) is 0 Å². The molecular weight excluding hydrogens is 374 g/mol. The largest absolute Gasteiger partial charge is 0.340 e. The van der Waals surface area contributed by atoms with Gasteiger partial charge in [-0.3, -0.25) is 13.8 Å². The molecule has 28 heavy (non-hydrogen) atoms. The first-order chi connectivity index (χ1) is 13.4. The minimum absolute atomic E-state index is 0.137. The van der Waals surface area contributed by atoms with Crippen LogP contribution in [0, 0.1) is 0 Å². The molecular formula is C21H25N3O3S. The Kier molecular flexibility index (Phi) is 6.59. The summed E-state index contributed by atoms with van der Waals surface area (Å²) < 4.78 is 11.4. The molecule has 0 spiro atoms. The Hall–Kier alpha value is -2.51. The number of benzene rings is 2. The zero-order valence-corrected chi connectivity index (χ0v) is 17.0. The fraction of sp³-hybridized carbons (Fsp3) is 0.333. The van der Waals surface area contributed by atoms with Crippen molar-refractivity contribution in [2.24, 2.45) is 0 Å². The van der Waals surface area contributed by atoms with Crippen LogP contribution in [0.2, 0.25) is 0 Å². The summed E-state index contributed by atoms with van der Waals surface area (Å²) in [6, 6.07) is 14.1. The van der Waals surface area contributed by atoms with Gasteiger partial charge in [-0.05, 0) is 49.0 Å². The smallest absolute Gasteiger partial charge is 0.255 e. The number of carbonyl (C=O) groups is 2. The highest BCUT2D eigenvalue weighted by molar-refractivity contribution is 7.84. The van der Waals surface area contributed by atoms with Gasteiger partial charge < -0.3 is 15.1 Å². The van der Waals surface area contributed by atoms with Gasteiger partial charge in [-0.1, -0.05) is 12.1 Å². The van der Waals surface area contributed by atoms with E-state index in [2.05, 4.69) is 17.3 Å². The SMILES string of the molecule is CN1CCN(C(=O)Cc2ccc(NC(=O)c3ccc(S(C)=O)cc3)cc2)CC1. The Morgan fingerprint density at radius 1 is 0.964 bits per heavy atom. The molecule has 1 saturated heterocycles. The standard InChI is InChI=1S/C21H25N3O3S/c1-23-11-13-24(14-12-23)20(25)15-16-3-7-18(8-4-16)22-21(26)17-5-9-19(10-6-17)28(2)27/h3-10H,11-15H2,1-2H3,(H,22,26). The maximum absolute atomic E-state index is 12.4. The summed E-state index contributed by atoms with van der Waals surface area (Å²) in [5.74, 6) is -0.0898. The van der Waals surface area contributed by atoms with E-state index in [0.717, 1.165) is 31.7 Å². The molecule has 2 amide bonds. The lowest BCUT2D eigenvalue weighted by atomic mass is 10.1. The molecule has 2 aromatic rings. The maximum atomic E-state index is 12.4. The van der Waals surface area contributed by atoms with E-state index in [1.54, 1.807) is 42.7 Å². The summed E-state index contributed by atoms with van der Waals surface area (Å²) in [5, 5.41) is 2.84. The zero-order chi connectivity index (χ0) is 20.1. The van der Waals surface area contributed by atoms with Crippen molar-refractivity contribution in [3.63, 3.8) is 0 Å². The zero-order valence-electron chi connectivity index (χ0n) is 16.2. The molecule has 1 fully saturated rings. The first-order valence-corrected chi connectivity index (χ1v) is 10.8. The summed E-state index contributed by atoms with van der Waals surface area (Å²) in [7, 11) is 0.998. The molecule has 0 aliphatic carbocycles. The highest BCUT2D eigenvalue weighted by atomic mass is 32.2. The van der Waals surface area contributed by atoms with Crippen LogP contribution in [0.3, 0.4) is 0 Å². The average Bonchev–Trinajstić information content (AvgIpc) is 2.70. The lowest BCUT2D eigenvalue weighted by Gasteiger charge is -2.32. The van der Waals surface area contributed by atoms with Crippen LogP contribution in [0.15, 0.2) is 53.4 Å². The molecule has 3 rings (SSSR count). The van der Waals surface area contributed by atoms with Gasteiger partial charge in [0.05, 0.1) is 6.42 Å². The normalized spacial score (nSPS) is 15.9. The maximum Gasteiger partial charge on any atom is 0.255 e. The molecule has 0 radical (unpaired) electrons. The van der Waals surface area contributed by atoms with Gasteiger partial charge >= 0.3 is 0 Å². The number of rotatable bonds is 5. The summed E-state index contributed by atoms with van der Waals surface area (Å²) in [6.45, 7) is 3.36. The molecule has 148 valence electrons. The Bertz CT molecular complexity index is 857. The van der Waals surface area contributed by atoms with Gasteiger partial charge in [0.15, 0.2) is 0 Å². The molecule has 0 bridgehead atoms. The highest BCUT2D eigenvalue weighted by Gasteiger charge is 2.19. The van der Waals surface area contributed by atoms with E-state index >= 15 is 0 Å². The number of nitrogens with zero attached hydrogens (tertiary/aromatic N) is 2. The van der Waals surface area contributed by atoms with Gasteiger partial charge in [-0.25, -0.2) is 0 Å². The van der Waals surface area contributed by atoms with E-state index < -0.39 is 10.8 Å². The van der Waals surface area contributed by atoms with E-state index in [9.17, 15) is 13.8 Å². The van der Waals surface area contributed by atoms with Gasteiger partial charge in [-0.15, -0.1) is 0 Å². The predicted octanol–water partition coefficient (Wildman–Crippen LogP) is 1.99. The summed E-state index contributed by atoms with van der Waals surface area (Å²) >= 11 is 0. The minimum Gasteiger partial charge on any atom is -0.340 e. The van der Waals surface area contributed by atoms with Crippen molar-refractivity contribution in [3.05, 3.63) is 59.7 Å². The van der Waals surface area contributed by atoms with Crippen LogP contribution in [0.4, 0.5) is 5.69 Å². The van der Waals surface area contributed by atoms with E-state index in [1.807, 2.05) is 17.0 Å². The van der Waals surface area contributed by atoms with Gasteiger partial charge in [0.2, 0.25) is 5.91 Å². The third-order valence-corrected chi connectivity index (χ3v) is 5.81. The summed E-state index contributed by atoms with van der Waals surface area (Å²) in [5.41, 5.74) is 2.10. The van der Waals surface area contributed by atoms with Crippen molar-refractivity contribution in [1.82, 2.24) is 9.80 Å². The average molecular weight is 400 g/mol. The first kappa shape index (κ1) is 20.2. The number of anilines is 1. The molecule has 7 heteroatoms. The number of hydrogen-bond donors (Lipinski definition) is 1. The van der Waals surface area contributed by atoms with Crippen LogP contribution >= 0.6 is 0 Å². The van der Waals surface area contributed by atoms with Gasteiger partial charge in [0.25, 0.3) is 5.91 Å². The number of amides is 2. The molecule has 1 unspecified atom stereocenters. The second kappa shape index (κ2) is 9.12. The number of likely N-dealkylation sites (N-methyl/N-ethyl adjacent to an activating group) is 1. The third kappa shape index (κ3) is 5.27. The fourth-order valence-electron chi connectivity index (χ4n) is 3.05. The van der Waals surface area contributed by atoms with Crippen LogP contribution in [-0.2, 0) is 22.0 Å². The van der Waals surface area contributed by atoms with Crippen LogP contribution in [-0.4, -0.2) is 65.3 Å². The Morgan fingerprint density at radius 2 is 1.57 bits per heavy atom. The molecule has 1 aliphatic heterocycles. The van der Waals surface area contributed by atoms with Crippen LogP contribution in [0.5, 0.6) is 0 Å². The quantitative estimate of drug-likeness (QED) is 0.835. The van der Waals surface area contributed by atoms with E-state index in [0.29, 0.717) is 22.6 Å². The number of piperazine rings is 1. The lowest BCUT2D eigenvalue weighted by Crippen LogP contribution is -2.47. The van der Waals surface area contributed by atoms with Gasteiger partial charge in [-0.2, -0.15) is 0 Å².